The number of nitriles is 1. The van der Waals surface area contributed by atoms with Crippen molar-refractivity contribution in [1.82, 2.24) is 4.98 Å². The molecule has 0 N–H and O–H groups in total. The fourth-order valence-corrected chi connectivity index (χ4v) is 3.65. The summed E-state index contributed by atoms with van der Waals surface area (Å²) in [4.78, 5) is 6.98. The number of anilines is 1. The Kier molecular flexibility index (Phi) is 3.61. The van der Waals surface area contributed by atoms with Gasteiger partial charge < -0.3 is 4.90 Å². The molecule has 3 nitrogen and oxygen atoms in total. The third-order valence-electron chi connectivity index (χ3n) is 3.97. The molecule has 0 bridgehead atoms. The van der Waals surface area contributed by atoms with Crippen molar-refractivity contribution in [2.45, 2.75) is 58.0 Å². The van der Waals surface area contributed by atoms with Gasteiger partial charge in [0.2, 0.25) is 0 Å². The van der Waals surface area contributed by atoms with Gasteiger partial charge in [0, 0.05) is 11.1 Å². The summed E-state index contributed by atoms with van der Waals surface area (Å²) in [5.41, 5.74) is 0.751. The molecule has 1 aliphatic heterocycles. The second-order valence-electron chi connectivity index (χ2n) is 6.43. The molecule has 102 valence electrons. The second kappa shape index (κ2) is 4.79. The van der Waals surface area contributed by atoms with Gasteiger partial charge in [-0.25, -0.2) is 4.98 Å². The van der Waals surface area contributed by atoms with Gasteiger partial charge in [0.15, 0.2) is 0 Å². The maximum atomic E-state index is 8.99. The largest absolute Gasteiger partial charge is 0.346 e. The Labute approximate surface area is 123 Å². The van der Waals surface area contributed by atoms with Gasteiger partial charge in [-0.3, -0.25) is 0 Å². The number of halogens is 1. The van der Waals surface area contributed by atoms with Gasteiger partial charge in [-0.1, -0.05) is 0 Å². The van der Waals surface area contributed by atoms with E-state index in [1.807, 2.05) is 12.1 Å². The van der Waals surface area contributed by atoms with Crippen molar-refractivity contribution in [1.29, 1.82) is 5.26 Å². The van der Waals surface area contributed by atoms with E-state index >= 15 is 0 Å². The van der Waals surface area contributed by atoms with Crippen LogP contribution < -0.4 is 4.90 Å². The van der Waals surface area contributed by atoms with Crippen molar-refractivity contribution in [3.63, 3.8) is 0 Å². The van der Waals surface area contributed by atoms with Crippen LogP contribution in [-0.2, 0) is 0 Å². The Morgan fingerprint density at radius 1 is 1.21 bits per heavy atom. The average Bonchev–Trinajstić information content (AvgIpc) is 2.26. The minimum absolute atomic E-state index is 0.0857. The first-order valence-electron chi connectivity index (χ1n) is 6.65. The first-order chi connectivity index (χ1) is 8.78. The number of pyridine rings is 1. The first kappa shape index (κ1) is 14.3. The quantitative estimate of drug-likeness (QED) is 0.725. The number of hydrogen-bond donors (Lipinski definition) is 0. The monoisotopic (exact) mass is 321 g/mol. The molecule has 0 aromatic carbocycles. The third kappa shape index (κ3) is 2.62. The van der Waals surface area contributed by atoms with Crippen molar-refractivity contribution >= 4 is 21.7 Å². The lowest BCUT2D eigenvalue weighted by atomic mass is 9.80. The van der Waals surface area contributed by atoms with Crippen LogP contribution in [0.2, 0.25) is 0 Å². The lowest BCUT2D eigenvalue weighted by Gasteiger charge is -2.53. The van der Waals surface area contributed by atoms with Crippen LogP contribution in [0.5, 0.6) is 0 Å². The number of nitrogens with zero attached hydrogens (tertiary/aromatic N) is 3. The van der Waals surface area contributed by atoms with Crippen LogP contribution in [0.1, 0.15) is 52.5 Å². The van der Waals surface area contributed by atoms with E-state index < -0.39 is 0 Å². The molecule has 0 unspecified atom stereocenters. The SMILES string of the molecule is CC1(C)CCCC(C)(C)N1c1ccc(C#N)c(Br)n1. The Hall–Kier alpha value is -1.08. The highest BCUT2D eigenvalue weighted by molar-refractivity contribution is 9.10. The maximum Gasteiger partial charge on any atom is 0.130 e. The van der Waals surface area contributed by atoms with Crippen molar-refractivity contribution in [2.75, 3.05) is 4.90 Å². The van der Waals surface area contributed by atoms with Crippen LogP contribution in [-0.4, -0.2) is 16.1 Å². The molecule has 0 amide bonds. The second-order valence-corrected chi connectivity index (χ2v) is 7.18. The summed E-state index contributed by atoms with van der Waals surface area (Å²) < 4.78 is 0.629. The van der Waals surface area contributed by atoms with Gasteiger partial charge in [0.25, 0.3) is 0 Å². The lowest BCUT2D eigenvalue weighted by molar-refractivity contribution is 0.242. The van der Waals surface area contributed by atoms with E-state index in [0.717, 1.165) is 18.7 Å². The molecule has 0 radical (unpaired) electrons. The minimum Gasteiger partial charge on any atom is -0.346 e. The normalized spacial score (nSPS) is 20.9. The third-order valence-corrected chi connectivity index (χ3v) is 4.58. The van der Waals surface area contributed by atoms with Crippen LogP contribution >= 0.6 is 15.9 Å². The molecule has 4 heteroatoms. The van der Waals surface area contributed by atoms with Gasteiger partial charge in [0.05, 0.1) is 5.56 Å². The number of piperidine rings is 1. The number of rotatable bonds is 1. The highest BCUT2D eigenvalue weighted by Gasteiger charge is 2.41. The molecule has 0 atom stereocenters. The van der Waals surface area contributed by atoms with Gasteiger partial charge in [-0.05, 0) is 75.0 Å². The van der Waals surface area contributed by atoms with Crippen molar-refractivity contribution in [3.05, 3.63) is 22.3 Å². The van der Waals surface area contributed by atoms with Gasteiger partial charge in [0.1, 0.15) is 16.5 Å². The molecule has 0 spiro atoms. The molecule has 1 aliphatic rings. The predicted molar refractivity (Wildman–Crippen MR) is 81.1 cm³/mol. The topological polar surface area (TPSA) is 39.9 Å². The molecule has 2 heterocycles. The Balaban J connectivity index is 2.48. The molecule has 2 rings (SSSR count). The summed E-state index contributed by atoms with van der Waals surface area (Å²) in [5.74, 6) is 0.945. The van der Waals surface area contributed by atoms with E-state index in [0.29, 0.717) is 10.2 Å². The summed E-state index contributed by atoms with van der Waals surface area (Å²) in [6, 6.07) is 5.94. The van der Waals surface area contributed by atoms with Crippen LogP contribution in [0.4, 0.5) is 5.82 Å². The van der Waals surface area contributed by atoms with Crippen LogP contribution in [0.15, 0.2) is 16.7 Å². The molecular weight excluding hydrogens is 302 g/mol. The maximum absolute atomic E-state index is 8.99. The zero-order valence-electron chi connectivity index (χ0n) is 12.0. The fraction of sp³-hybridized carbons (Fsp3) is 0.600. The molecule has 0 saturated carbocycles. The van der Waals surface area contributed by atoms with Crippen LogP contribution in [0.3, 0.4) is 0 Å². The molecule has 1 aromatic rings. The summed E-state index contributed by atoms with van der Waals surface area (Å²) in [5, 5.41) is 8.99. The molecule has 1 saturated heterocycles. The summed E-state index contributed by atoms with van der Waals surface area (Å²) in [6.45, 7) is 9.06. The first-order valence-corrected chi connectivity index (χ1v) is 7.44. The summed E-state index contributed by atoms with van der Waals surface area (Å²) in [6.07, 6.45) is 3.57. The average molecular weight is 322 g/mol. The van der Waals surface area contributed by atoms with Crippen molar-refractivity contribution in [2.24, 2.45) is 0 Å². The van der Waals surface area contributed by atoms with E-state index in [2.05, 4.69) is 59.6 Å². The molecule has 1 fully saturated rings. The molecule has 0 aliphatic carbocycles. The van der Waals surface area contributed by atoms with Crippen molar-refractivity contribution in [3.8, 4) is 6.07 Å². The molecule has 19 heavy (non-hydrogen) atoms. The van der Waals surface area contributed by atoms with E-state index in [1.165, 1.54) is 6.42 Å². The Morgan fingerprint density at radius 2 is 1.79 bits per heavy atom. The summed E-state index contributed by atoms with van der Waals surface area (Å²) >= 11 is 3.39. The zero-order valence-corrected chi connectivity index (χ0v) is 13.6. The predicted octanol–water partition coefficient (Wildman–Crippen LogP) is 4.26. The minimum atomic E-state index is 0.0857. The van der Waals surface area contributed by atoms with Gasteiger partial charge >= 0.3 is 0 Å². The fourth-order valence-electron chi connectivity index (χ4n) is 3.25. The number of hydrogen-bond acceptors (Lipinski definition) is 3. The standard InChI is InChI=1S/C15H20BrN3/c1-14(2)8-5-9-15(3,4)19(14)12-7-6-11(10-17)13(16)18-12/h6-7H,5,8-9H2,1-4H3. The van der Waals surface area contributed by atoms with Crippen LogP contribution in [0.25, 0.3) is 0 Å². The lowest BCUT2D eigenvalue weighted by Crippen LogP contribution is -2.59. The van der Waals surface area contributed by atoms with E-state index in [9.17, 15) is 0 Å². The van der Waals surface area contributed by atoms with Gasteiger partial charge in [-0.15, -0.1) is 0 Å². The smallest absolute Gasteiger partial charge is 0.130 e. The van der Waals surface area contributed by atoms with E-state index in [-0.39, 0.29) is 11.1 Å². The zero-order chi connectivity index (χ0) is 14.3. The van der Waals surface area contributed by atoms with E-state index in [4.69, 9.17) is 5.26 Å². The molecule has 1 aromatic heterocycles. The molecular formula is C15H20BrN3. The summed E-state index contributed by atoms with van der Waals surface area (Å²) in [7, 11) is 0. The van der Waals surface area contributed by atoms with Crippen molar-refractivity contribution < 1.29 is 0 Å². The van der Waals surface area contributed by atoms with E-state index in [1.54, 1.807) is 0 Å². The van der Waals surface area contributed by atoms with Gasteiger partial charge in [-0.2, -0.15) is 5.26 Å². The van der Waals surface area contributed by atoms with Crippen LogP contribution in [0, 0.1) is 11.3 Å². The Morgan fingerprint density at radius 3 is 2.26 bits per heavy atom. The Bertz CT molecular complexity index is 513. The highest BCUT2D eigenvalue weighted by Crippen LogP contribution is 2.41. The highest BCUT2D eigenvalue weighted by atomic mass is 79.9. The number of aromatic nitrogens is 1.